The third kappa shape index (κ3) is 6.15. The molecule has 0 aliphatic rings. The van der Waals surface area contributed by atoms with Gasteiger partial charge >= 0.3 is 5.97 Å². The van der Waals surface area contributed by atoms with Crippen LogP contribution in [-0.4, -0.2) is 23.3 Å². The van der Waals surface area contributed by atoms with E-state index in [9.17, 15) is 4.79 Å². The highest BCUT2D eigenvalue weighted by Crippen LogP contribution is 2.18. The zero-order valence-electron chi connectivity index (χ0n) is 18.1. The zero-order chi connectivity index (χ0) is 21.6. The standard InChI is InChI=1S/C27H29NO2/c1-20-12-11-13-21(18-20)19-24(26(29)30-27(2,3)4)28-25(22-14-7-5-8-15-22)23-16-9-6-10-17-23/h5-18,24H,19H2,1-4H3/t24-/m1/s1. The second kappa shape index (κ2) is 9.53. The van der Waals surface area contributed by atoms with Crippen LogP contribution in [0.5, 0.6) is 0 Å². The van der Waals surface area contributed by atoms with E-state index in [1.165, 1.54) is 0 Å². The summed E-state index contributed by atoms with van der Waals surface area (Å²) < 4.78 is 5.73. The van der Waals surface area contributed by atoms with Crippen LogP contribution in [-0.2, 0) is 16.0 Å². The molecule has 0 unspecified atom stereocenters. The molecule has 3 rings (SSSR count). The number of carbonyl (C=O) groups excluding carboxylic acids is 1. The molecule has 1 atom stereocenters. The Morgan fingerprint density at radius 2 is 1.43 bits per heavy atom. The van der Waals surface area contributed by atoms with Crippen LogP contribution in [0.2, 0.25) is 0 Å². The second-order valence-electron chi connectivity index (χ2n) is 8.45. The van der Waals surface area contributed by atoms with Gasteiger partial charge in [0, 0.05) is 17.5 Å². The maximum atomic E-state index is 13.1. The molecule has 3 aromatic carbocycles. The van der Waals surface area contributed by atoms with Gasteiger partial charge in [-0.1, -0.05) is 90.5 Å². The first-order valence-electron chi connectivity index (χ1n) is 10.3. The zero-order valence-corrected chi connectivity index (χ0v) is 18.1. The lowest BCUT2D eigenvalue weighted by Gasteiger charge is -2.23. The molecule has 0 aromatic heterocycles. The normalized spacial score (nSPS) is 12.1. The Morgan fingerprint density at radius 1 is 0.867 bits per heavy atom. The monoisotopic (exact) mass is 399 g/mol. The van der Waals surface area contributed by atoms with E-state index in [0.717, 1.165) is 28.0 Å². The molecule has 3 aromatic rings. The number of rotatable bonds is 6. The van der Waals surface area contributed by atoms with Gasteiger partial charge in [-0.3, -0.25) is 4.99 Å². The quantitative estimate of drug-likeness (QED) is 0.389. The molecule has 0 spiro atoms. The van der Waals surface area contributed by atoms with Crippen molar-refractivity contribution in [3.8, 4) is 0 Å². The van der Waals surface area contributed by atoms with Crippen molar-refractivity contribution in [1.29, 1.82) is 0 Å². The van der Waals surface area contributed by atoms with Crippen LogP contribution < -0.4 is 0 Å². The number of hydrogen-bond acceptors (Lipinski definition) is 3. The van der Waals surface area contributed by atoms with Crippen molar-refractivity contribution >= 4 is 11.7 Å². The highest BCUT2D eigenvalue weighted by Gasteiger charge is 2.26. The summed E-state index contributed by atoms with van der Waals surface area (Å²) in [6, 6.07) is 27.5. The van der Waals surface area contributed by atoms with Gasteiger partial charge in [-0.25, -0.2) is 4.79 Å². The summed E-state index contributed by atoms with van der Waals surface area (Å²) in [6.07, 6.45) is 0.486. The average molecular weight is 400 g/mol. The largest absolute Gasteiger partial charge is 0.458 e. The van der Waals surface area contributed by atoms with Gasteiger partial charge in [-0.15, -0.1) is 0 Å². The average Bonchev–Trinajstić information content (AvgIpc) is 2.71. The summed E-state index contributed by atoms with van der Waals surface area (Å²) in [5.41, 5.74) is 4.39. The van der Waals surface area contributed by atoms with Crippen LogP contribution in [0.25, 0.3) is 0 Å². The lowest BCUT2D eigenvalue weighted by molar-refractivity contribution is -0.156. The summed E-state index contributed by atoms with van der Waals surface area (Å²) in [7, 11) is 0. The molecule has 0 aliphatic carbocycles. The number of carbonyl (C=O) groups is 1. The number of aryl methyl sites for hydroxylation is 1. The highest BCUT2D eigenvalue weighted by atomic mass is 16.6. The second-order valence-corrected chi connectivity index (χ2v) is 8.45. The lowest BCUT2D eigenvalue weighted by atomic mass is 10.00. The summed E-state index contributed by atoms with van der Waals surface area (Å²) in [6.45, 7) is 7.70. The molecule has 0 heterocycles. The van der Waals surface area contributed by atoms with Crippen molar-refractivity contribution in [2.24, 2.45) is 4.99 Å². The SMILES string of the molecule is Cc1cccc(C[C@@H](N=C(c2ccccc2)c2ccccc2)C(=O)OC(C)(C)C)c1. The van der Waals surface area contributed by atoms with Gasteiger partial charge in [-0.2, -0.15) is 0 Å². The lowest BCUT2D eigenvalue weighted by Crippen LogP contribution is -2.33. The van der Waals surface area contributed by atoms with Crippen LogP contribution >= 0.6 is 0 Å². The van der Waals surface area contributed by atoms with Crippen LogP contribution in [0.15, 0.2) is 89.9 Å². The fraction of sp³-hybridized carbons (Fsp3) is 0.259. The minimum atomic E-state index is -0.638. The molecule has 30 heavy (non-hydrogen) atoms. The van der Waals surface area contributed by atoms with E-state index in [4.69, 9.17) is 9.73 Å². The van der Waals surface area contributed by atoms with E-state index in [1.54, 1.807) is 0 Å². The van der Waals surface area contributed by atoms with Crippen LogP contribution in [0.3, 0.4) is 0 Å². The molecule has 0 saturated carbocycles. The molecule has 0 aliphatic heterocycles. The third-order valence-corrected chi connectivity index (χ3v) is 4.57. The topological polar surface area (TPSA) is 38.7 Å². The Labute approximate surface area is 179 Å². The van der Waals surface area contributed by atoms with E-state index < -0.39 is 11.6 Å². The fourth-order valence-corrected chi connectivity index (χ4v) is 3.28. The first-order chi connectivity index (χ1) is 14.3. The summed E-state index contributed by atoms with van der Waals surface area (Å²) in [5, 5.41) is 0. The number of hydrogen-bond donors (Lipinski definition) is 0. The van der Waals surface area contributed by atoms with Gasteiger partial charge < -0.3 is 4.74 Å². The third-order valence-electron chi connectivity index (χ3n) is 4.57. The molecule has 3 heteroatoms. The molecular weight excluding hydrogens is 370 g/mol. The van der Waals surface area contributed by atoms with Crippen molar-refractivity contribution in [3.05, 3.63) is 107 Å². The predicted octanol–water partition coefficient (Wildman–Crippen LogP) is 5.79. The highest BCUT2D eigenvalue weighted by molar-refractivity contribution is 6.13. The van der Waals surface area contributed by atoms with E-state index in [1.807, 2.05) is 93.6 Å². The van der Waals surface area contributed by atoms with Crippen molar-refractivity contribution in [2.75, 3.05) is 0 Å². The first-order valence-corrected chi connectivity index (χ1v) is 10.3. The molecule has 0 N–H and O–H groups in total. The molecule has 0 amide bonds. The first kappa shape index (κ1) is 21.5. The molecule has 3 nitrogen and oxygen atoms in total. The Balaban J connectivity index is 2.06. The maximum Gasteiger partial charge on any atom is 0.331 e. The Kier molecular flexibility index (Phi) is 6.83. The van der Waals surface area contributed by atoms with Gasteiger partial charge in [0.15, 0.2) is 6.04 Å². The number of aliphatic imine (C=N–C) groups is 1. The summed E-state index contributed by atoms with van der Waals surface area (Å²) >= 11 is 0. The fourth-order valence-electron chi connectivity index (χ4n) is 3.28. The van der Waals surface area contributed by atoms with E-state index in [0.29, 0.717) is 6.42 Å². The molecule has 0 radical (unpaired) electrons. The van der Waals surface area contributed by atoms with E-state index in [2.05, 4.69) is 19.1 Å². The molecule has 0 fully saturated rings. The van der Waals surface area contributed by atoms with Gasteiger partial charge in [0.05, 0.1) is 5.71 Å². The van der Waals surface area contributed by atoms with Gasteiger partial charge in [-0.05, 0) is 33.3 Å². The number of ether oxygens (including phenoxy) is 1. The Bertz CT molecular complexity index is 960. The predicted molar refractivity (Wildman–Crippen MR) is 123 cm³/mol. The van der Waals surface area contributed by atoms with Crippen molar-refractivity contribution in [2.45, 2.75) is 45.8 Å². The molecular formula is C27H29NO2. The van der Waals surface area contributed by atoms with Gasteiger partial charge in [0.25, 0.3) is 0 Å². The number of esters is 1. The van der Waals surface area contributed by atoms with Crippen molar-refractivity contribution in [1.82, 2.24) is 0 Å². The van der Waals surface area contributed by atoms with Crippen LogP contribution in [0.1, 0.15) is 43.0 Å². The maximum absolute atomic E-state index is 13.1. The minimum absolute atomic E-state index is 0.312. The van der Waals surface area contributed by atoms with Gasteiger partial charge in [0.1, 0.15) is 5.60 Å². The number of nitrogens with zero attached hydrogens (tertiary/aromatic N) is 1. The summed E-state index contributed by atoms with van der Waals surface area (Å²) in [5.74, 6) is -0.312. The molecule has 0 saturated heterocycles. The minimum Gasteiger partial charge on any atom is -0.458 e. The Hall–Kier alpha value is -3.20. The van der Waals surface area contributed by atoms with Crippen LogP contribution in [0.4, 0.5) is 0 Å². The summed E-state index contributed by atoms with van der Waals surface area (Å²) in [4.78, 5) is 18.1. The number of benzene rings is 3. The van der Waals surface area contributed by atoms with E-state index >= 15 is 0 Å². The smallest absolute Gasteiger partial charge is 0.331 e. The van der Waals surface area contributed by atoms with Gasteiger partial charge in [0.2, 0.25) is 0 Å². The van der Waals surface area contributed by atoms with Crippen LogP contribution in [0, 0.1) is 6.92 Å². The van der Waals surface area contributed by atoms with Crippen molar-refractivity contribution < 1.29 is 9.53 Å². The van der Waals surface area contributed by atoms with E-state index in [-0.39, 0.29) is 5.97 Å². The molecule has 154 valence electrons. The Morgan fingerprint density at radius 3 is 1.93 bits per heavy atom. The molecule has 0 bridgehead atoms. The van der Waals surface area contributed by atoms with Crippen molar-refractivity contribution in [3.63, 3.8) is 0 Å².